The van der Waals surface area contributed by atoms with E-state index in [1.807, 2.05) is 0 Å². The number of aliphatic carboxylic acids is 1. The lowest BCUT2D eigenvalue weighted by molar-refractivity contribution is -0.137. The number of rotatable bonds is 3. The Balaban J connectivity index is 2.58. The molecule has 4 nitrogen and oxygen atoms in total. The molecule has 0 aliphatic rings. The minimum Gasteiger partial charge on any atom is -0.508 e. The van der Waals surface area contributed by atoms with E-state index < -0.39 is 11.9 Å². The third-order valence-corrected chi connectivity index (χ3v) is 2.74. The van der Waals surface area contributed by atoms with Gasteiger partial charge < -0.3 is 15.3 Å². The van der Waals surface area contributed by atoms with Crippen molar-refractivity contribution in [1.82, 2.24) is 0 Å². The van der Waals surface area contributed by atoms with Gasteiger partial charge in [-0.1, -0.05) is 36.4 Å². The van der Waals surface area contributed by atoms with E-state index in [4.69, 9.17) is 0 Å². The largest absolute Gasteiger partial charge is 0.508 e. The molecule has 0 unspecified atom stereocenters. The number of carboxylic acids is 1. The van der Waals surface area contributed by atoms with E-state index in [9.17, 15) is 20.1 Å². The Morgan fingerprint density at radius 2 is 1.22 bits per heavy atom. The third kappa shape index (κ3) is 2.13. The maximum atomic E-state index is 11.4. The zero-order valence-electron chi connectivity index (χ0n) is 9.45. The molecule has 2 rings (SSSR count). The van der Waals surface area contributed by atoms with Crippen LogP contribution in [0.15, 0.2) is 48.5 Å². The molecule has 0 aromatic heterocycles. The molecule has 2 aromatic carbocycles. The lowest BCUT2D eigenvalue weighted by Gasteiger charge is -2.15. The van der Waals surface area contributed by atoms with Gasteiger partial charge in [0.2, 0.25) is 0 Å². The van der Waals surface area contributed by atoms with Crippen LogP contribution in [0.2, 0.25) is 0 Å². The molecule has 0 aliphatic heterocycles. The third-order valence-electron chi connectivity index (χ3n) is 2.74. The van der Waals surface area contributed by atoms with Crippen molar-refractivity contribution in [3.05, 3.63) is 59.7 Å². The maximum Gasteiger partial charge on any atom is 0.315 e. The average Bonchev–Trinajstić information content (AvgIpc) is 2.34. The lowest BCUT2D eigenvalue weighted by Crippen LogP contribution is -2.13. The SMILES string of the molecule is O=C(O)C(c1ccccc1O)c1ccccc1O. The van der Waals surface area contributed by atoms with Gasteiger partial charge in [-0.25, -0.2) is 0 Å². The van der Waals surface area contributed by atoms with E-state index in [2.05, 4.69) is 0 Å². The summed E-state index contributed by atoms with van der Waals surface area (Å²) in [6.07, 6.45) is 0. The van der Waals surface area contributed by atoms with Gasteiger partial charge in [0.1, 0.15) is 17.4 Å². The number of phenols is 2. The topological polar surface area (TPSA) is 77.8 Å². The Kier molecular flexibility index (Phi) is 3.19. The molecule has 18 heavy (non-hydrogen) atoms. The number of phenolic OH excluding ortho intramolecular Hbond substituents is 2. The molecular formula is C14H12O4. The van der Waals surface area contributed by atoms with Crippen molar-refractivity contribution in [1.29, 1.82) is 0 Å². The van der Waals surface area contributed by atoms with E-state index >= 15 is 0 Å². The van der Waals surface area contributed by atoms with E-state index in [0.717, 1.165) is 0 Å². The van der Waals surface area contributed by atoms with Crippen LogP contribution in [0.25, 0.3) is 0 Å². The fourth-order valence-corrected chi connectivity index (χ4v) is 1.90. The molecule has 3 N–H and O–H groups in total. The molecule has 0 amide bonds. The first-order chi connectivity index (χ1) is 8.61. The molecule has 0 spiro atoms. The number of hydrogen-bond donors (Lipinski definition) is 3. The van der Waals surface area contributed by atoms with Crippen LogP contribution in [-0.4, -0.2) is 21.3 Å². The predicted octanol–water partition coefficient (Wildman–Crippen LogP) is 2.31. The number of carboxylic acid groups (broad SMARTS) is 1. The summed E-state index contributed by atoms with van der Waals surface area (Å²) in [7, 11) is 0. The highest BCUT2D eigenvalue weighted by Crippen LogP contribution is 2.35. The predicted molar refractivity (Wildman–Crippen MR) is 65.7 cm³/mol. The van der Waals surface area contributed by atoms with Crippen LogP contribution < -0.4 is 0 Å². The van der Waals surface area contributed by atoms with Gasteiger partial charge >= 0.3 is 5.97 Å². The van der Waals surface area contributed by atoms with Gasteiger partial charge in [0.25, 0.3) is 0 Å². The Morgan fingerprint density at radius 3 is 1.56 bits per heavy atom. The van der Waals surface area contributed by atoms with E-state index in [1.54, 1.807) is 24.3 Å². The summed E-state index contributed by atoms with van der Waals surface area (Å²) in [6, 6.07) is 12.4. The number of benzene rings is 2. The van der Waals surface area contributed by atoms with Crippen molar-refractivity contribution < 1.29 is 20.1 Å². The van der Waals surface area contributed by atoms with Gasteiger partial charge in [0.15, 0.2) is 0 Å². The molecule has 0 atom stereocenters. The van der Waals surface area contributed by atoms with Crippen molar-refractivity contribution in [2.45, 2.75) is 5.92 Å². The highest BCUT2D eigenvalue weighted by molar-refractivity contribution is 5.82. The first kappa shape index (κ1) is 12.0. The Labute approximate surface area is 104 Å². The summed E-state index contributed by atoms with van der Waals surface area (Å²) in [6.45, 7) is 0. The molecule has 0 saturated heterocycles. The monoisotopic (exact) mass is 244 g/mol. The number of para-hydroxylation sites is 2. The smallest absolute Gasteiger partial charge is 0.315 e. The Hall–Kier alpha value is -2.49. The van der Waals surface area contributed by atoms with Crippen LogP contribution in [0.4, 0.5) is 0 Å². The van der Waals surface area contributed by atoms with E-state index in [0.29, 0.717) is 0 Å². The molecule has 0 heterocycles. The van der Waals surface area contributed by atoms with E-state index in [1.165, 1.54) is 24.3 Å². The molecular weight excluding hydrogens is 232 g/mol. The summed E-state index contributed by atoms with van der Waals surface area (Å²) < 4.78 is 0. The van der Waals surface area contributed by atoms with Crippen molar-refractivity contribution in [3.63, 3.8) is 0 Å². The van der Waals surface area contributed by atoms with Gasteiger partial charge in [-0.05, 0) is 12.1 Å². The van der Waals surface area contributed by atoms with Crippen molar-refractivity contribution in [3.8, 4) is 11.5 Å². The first-order valence-electron chi connectivity index (χ1n) is 5.40. The van der Waals surface area contributed by atoms with Crippen molar-refractivity contribution in [2.75, 3.05) is 0 Å². The van der Waals surface area contributed by atoms with Gasteiger partial charge in [-0.2, -0.15) is 0 Å². The second-order valence-electron chi connectivity index (χ2n) is 3.89. The molecule has 0 fully saturated rings. The summed E-state index contributed by atoms with van der Waals surface area (Å²) in [4.78, 5) is 11.4. The van der Waals surface area contributed by atoms with Crippen LogP contribution in [0.5, 0.6) is 11.5 Å². The summed E-state index contributed by atoms with van der Waals surface area (Å²) in [5, 5.41) is 28.8. The average molecular weight is 244 g/mol. The van der Waals surface area contributed by atoms with Gasteiger partial charge in [-0.3, -0.25) is 4.79 Å². The zero-order chi connectivity index (χ0) is 13.1. The number of aromatic hydroxyl groups is 2. The van der Waals surface area contributed by atoms with Crippen LogP contribution in [-0.2, 0) is 4.79 Å². The standard InChI is InChI=1S/C14H12O4/c15-11-7-3-1-5-9(11)13(14(17)18)10-6-2-4-8-12(10)16/h1-8,13,15-16H,(H,17,18). The highest BCUT2D eigenvalue weighted by Gasteiger charge is 2.26. The molecule has 4 heteroatoms. The fraction of sp³-hybridized carbons (Fsp3) is 0.0714. The Bertz CT molecular complexity index is 532. The van der Waals surface area contributed by atoms with Gasteiger partial charge in [0.05, 0.1) is 0 Å². The van der Waals surface area contributed by atoms with Crippen LogP contribution >= 0.6 is 0 Å². The molecule has 0 radical (unpaired) electrons. The van der Waals surface area contributed by atoms with Crippen molar-refractivity contribution >= 4 is 5.97 Å². The fourth-order valence-electron chi connectivity index (χ4n) is 1.90. The number of carbonyl (C=O) groups is 1. The Morgan fingerprint density at radius 1 is 0.833 bits per heavy atom. The molecule has 0 saturated carbocycles. The molecule has 0 aliphatic carbocycles. The molecule has 0 bridgehead atoms. The summed E-state index contributed by atoms with van der Waals surface area (Å²) >= 11 is 0. The number of hydrogen-bond acceptors (Lipinski definition) is 3. The normalized spacial score (nSPS) is 10.5. The molecule has 2 aromatic rings. The first-order valence-corrected chi connectivity index (χ1v) is 5.40. The minimum absolute atomic E-state index is 0.104. The van der Waals surface area contributed by atoms with E-state index in [-0.39, 0.29) is 22.6 Å². The van der Waals surface area contributed by atoms with Crippen LogP contribution in [0.3, 0.4) is 0 Å². The second-order valence-corrected chi connectivity index (χ2v) is 3.89. The van der Waals surface area contributed by atoms with Gasteiger partial charge in [0, 0.05) is 11.1 Å². The summed E-state index contributed by atoms with van der Waals surface area (Å²) in [5.41, 5.74) is 0.512. The second kappa shape index (κ2) is 4.79. The van der Waals surface area contributed by atoms with Gasteiger partial charge in [-0.15, -0.1) is 0 Å². The van der Waals surface area contributed by atoms with Crippen LogP contribution in [0, 0.1) is 0 Å². The van der Waals surface area contributed by atoms with Crippen LogP contribution in [0.1, 0.15) is 17.0 Å². The quantitative estimate of drug-likeness (QED) is 0.774. The highest BCUT2D eigenvalue weighted by atomic mass is 16.4. The minimum atomic E-state index is -1.13. The maximum absolute atomic E-state index is 11.4. The van der Waals surface area contributed by atoms with Crippen molar-refractivity contribution in [2.24, 2.45) is 0 Å². The molecule has 92 valence electrons. The zero-order valence-corrected chi connectivity index (χ0v) is 9.45. The lowest BCUT2D eigenvalue weighted by atomic mass is 9.90. The summed E-state index contributed by atoms with van der Waals surface area (Å²) in [5.74, 6) is -2.42.